The molecule has 0 fully saturated rings. The summed E-state index contributed by atoms with van der Waals surface area (Å²) in [6.45, 7) is 3.68. The van der Waals surface area contributed by atoms with Crippen LogP contribution in [0.15, 0.2) is 41.6 Å². The molecule has 0 aliphatic carbocycles. The van der Waals surface area contributed by atoms with Crippen LogP contribution in [0.3, 0.4) is 0 Å². The minimum atomic E-state index is -3.94. The minimum absolute atomic E-state index is 0.0560. The molecule has 2 aromatic rings. The van der Waals surface area contributed by atoms with Crippen LogP contribution in [0.25, 0.3) is 10.8 Å². The molecule has 0 unspecified atom stereocenters. The van der Waals surface area contributed by atoms with Gasteiger partial charge in [-0.05, 0) is 24.5 Å². The molecule has 2 rings (SSSR count). The monoisotopic (exact) mass is 322 g/mol. The summed E-state index contributed by atoms with van der Waals surface area (Å²) in [5.41, 5.74) is 0. The van der Waals surface area contributed by atoms with Gasteiger partial charge in [0.2, 0.25) is 10.0 Å². The lowest BCUT2D eigenvalue weighted by Crippen LogP contribution is -2.41. The zero-order valence-electron chi connectivity index (χ0n) is 12.4. The maximum atomic E-state index is 12.5. The predicted molar refractivity (Wildman–Crippen MR) is 82.9 cm³/mol. The normalized spacial score (nSPS) is 13.4. The van der Waals surface area contributed by atoms with E-state index in [9.17, 15) is 18.3 Å². The fourth-order valence-corrected chi connectivity index (χ4v) is 3.68. The molecule has 1 aromatic heterocycles. The molecule has 0 spiro atoms. The number of carboxylic acids is 1. The van der Waals surface area contributed by atoms with Gasteiger partial charge < -0.3 is 5.11 Å². The molecule has 1 atom stereocenters. The lowest BCUT2D eigenvalue weighted by Gasteiger charge is -2.17. The van der Waals surface area contributed by atoms with Gasteiger partial charge in [-0.2, -0.15) is 4.72 Å². The number of hydrogen-bond acceptors (Lipinski definition) is 4. The Bertz CT molecular complexity index is 782. The number of rotatable bonds is 6. The van der Waals surface area contributed by atoms with Crippen molar-refractivity contribution in [2.24, 2.45) is 5.92 Å². The van der Waals surface area contributed by atoms with Gasteiger partial charge in [0.25, 0.3) is 0 Å². The molecule has 1 heterocycles. The Balaban J connectivity index is 2.42. The summed E-state index contributed by atoms with van der Waals surface area (Å²) in [7, 11) is -3.94. The van der Waals surface area contributed by atoms with Gasteiger partial charge in [-0.25, -0.2) is 8.42 Å². The van der Waals surface area contributed by atoms with E-state index in [0.29, 0.717) is 10.8 Å². The standard InChI is InChI=1S/C15H18N2O4S/c1-10(2)8-13(15(18)19)17-22(20,21)14-5-3-4-11-9-16-7-6-12(11)14/h3-7,9-10,13,17H,8H2,1-2H3,(H,18,19)/t13-/m0/s1. The average Bonchev–Trinajstić information content (AvgIpc) is 2.45. The second kappa shape index (κ2) is 6.41. The van der Waals surface area contributed by atoms with Crippen molar-refractivity contribution < 1.29 is 18.3 Å². The first-order valence-corrected chi connectivity index (χ1v) is 8.37. The molecule has 0 radical (unpaired) electrons. The Labute approximate surface area is 129 Å². The number of sulfonamides is 1. The van der Waals surface area contributed by atoms with E-state index in [2.05, 4.69) is 9.71 Å². The molecule has 0 bridgehead atoms. The van der Waals surface area contributed by atoms with Crippen LogP contribution < -0.4 is 4.72 Å². The fraction of sp³-hybridized carbons (Fsp3) is 0.333. The summed E-state index contributed by atoms with van der Waals surface area (Å²) in [6.07, 6.45) is 3.29. The Morgan fingerprint density at radius 2 is 2.05 bits per heavy atom. The van der Waals surface area contributed by atoms with Gasteiger partial charge in [0, 0.05) is 23.2 Å². The summed E-state index contributed by atoms with van der Waals surface area (Å²) in [4.78, 5) is 15.3. The van der Waals surface area contributed by atoms with Crippen LogP contribution in [0.5, 0.6) is 0 Å². The van der Waals surface area contributed by atoms with Gasteiger partial charge in [0.1, 0.15) is 6.04 Å². The van der Waals surface area contributed by atoms with Crippen molar-refractivity contribution in [2.75, 3.05) is 0 Å². The van der Waals surface area contributed by atoms with Crippen LogP contribution in [0.2, 0.25) is 0 Å². The predicted octanol–water partition coefficient (Wildman–Crippen LogP) is 2.01. The van der Waals surface area contributed by atoms with Crippen LogP contribution in [0.4, 0.5) is 0 Å². The number of fused-ring (bicyclic) bond motifs is 1. The minimum Gasteiger partial charge on any atom is -0.480 e. The van der Waals surface area contributed by atoms with Crippen LogP contribution in [0.1, 0.15) is 20.3 Å². The van der Waals surface area contributed by atoms with E-state index in [1.807, 2.05) is 13.8 Å². The van der Waals surface area contributed by atoms with Crippen molar-refractivity contribution in [1.82, 2.24) is 9.71 Å². The molecule has 6 nitrogen and oxygen atoms in total. The van der Waals surface area contributed by atoms with Gasteiger partial charge >= 0.3 is 5.97 Å². The molecular weight excluding hydrogens is 304 g/mol. The first kappa shape index (κ1) is 16.4. The summed E-state index contributed by atoms with van der Waals surface area (Å²) in [6, 6.07) is 5.27. The molecule has 22 heavy (non-hydrogen) atoms. The van der Waals surface area contributed by atoms with Gasteiger partial charge in [0.05, 0.1) is 4.90 Å². The highest BCUT2D eigenvalue weighted by molar-refractivity contribution is 7.89. The maximum absolute atomic E-state index is 12.5. The van der Waals surface area contributed by atoms with Crippen molar-refractivity contribution in [3.63, 3.8) is 0 Å². The average molecular weight is 322 g/mol. The number of hydrogen-bond donors (Lipinski definition) is 2. The molecule has 1 aromatic carbocycles. The largest absolute Gasteiger partial charge is 0.480 e. The third kappa shape index (κ3) is 3.61. The maximum Gasteiger partial charge on any atom is 0.321 e. The number of nitrogens with one attached hydrogen (secondary N) is 1. The summed E-state index contributed by atoms with van der Waals surface area (Å²) >= 11 is 0. The molecule has 2 N–H and O–H groups in total. The fourth-order valence-electron chi connectivity index (χ4n) is 2.25. The summed E-state index contributed by atoms with van der Waals surface area (Å²) in [5, 5.41) is 10.4. The molecular formula is C15H18N2O4S. The third-order valence-electron chi connectivity index (χ3n) is 3.23. The first-order valence-electron chi connectivity index (χ1n) is 6.89. The van der Waals surface area contributed by atoms with Crippen LogP contribution in [-0.2, 0) is 14.8 Å². The highest BCUT2D eigenvalue weighted by Crippen LogP contribution is 2.22. The third-order valence-corrected chi connectivity index (χ3v) is 4.76. The smallest absolute Gasteiger partial charge is 0.321 e. The van der Waals surface area contributed by atoms with E-state index < -0.39 is 22.0 Å². The number of nitrogens with zero attached hydrogens (tertiary/aromatic N) is 1. The van der Waals surface area contributed by atoms with Crippen LogP contribution in [0, 0.1) is 5.92 Å². The van der Waals surface area contributed by atoms with E-state index in [0.717, 1.165) is 0 Å². The highest BCUT2D eigenvalue weighted by atomic mass is 32.2. The van der Waals surface area contributed by atoms with Crippen molar-refractivity contribution >= 4 is 26.8 Å². The molecule has 118 valence electrons. The van der Waals surface area contributed by atoms with Crippen molar-refractivity contribution in [3.05, 3.63) is 36.7 Å². The summed E-state index contributed by atoms with van der Waals surface area (Å²) < 4.78 is 27.4. The SMILES string of the molecule is CC(C)C[C@H](NS(=O)(=O)c1cccc2cnccc12)C(=O)O. The van der Waals surface area contributed by atoms with Gasteiger partial charge in [0.15, 0.2) is 0 Å². The van der Waals surface area contributed by atoms with E-state index in [4.69, 9.17) is 0 Å². The Hall–Kier alpha value is -1.99. The topological polar surface area (TPSA) is 96.4 Å². The Morgan fingerprint density at radius 3 is 2.68 bits per heavy atom. The van der Waals surface area contributed by atoms with Gasteiger partial charge in [-0.15, -0.1) is 0 Å². The second-order valence-electron chi connectivity index (χ2n) is 5.49. The van der Waals surface area contributed by atoms with Crippen molar-refractivity contribution in [2.45, 2.75) is 31.2 Å². The molecule has 0 aliphatic heterocycles. The van der Waals surface area contributed by atoms with Gasteiger partial charge in [-0.1, -0.05) is 26.0 Å². The lowest BCUT2D eigenvalue weighted by atomic mass is 10.1. The van der Waals surface area contributed by atoms with E-state index >= 15 is 0 Å². The number of benzene rings is 1. The Kier molecular flexibility index (Phi) is 4.77. The van der Waals surface area contributed by atoms with E-state index in [1.165, 1.54) is 12.3 Å². The quantitative estimate of drug-likeness (QED) is 0.848. The lowest BCUT2D eigenvalue weighted by molar-refractivity contribution is -0.139. The number of pyridine rings is 1. The van der Waals surface area contributed by atoms with Crippen LogP contribution >= 0.6 is 0 Å². The molecule has 0 saturated carbocycles. The van der Waals surface area contributed by atoms with Crippen molar-refractivity contribution in [1.29, 1.82) is 0 Å². The van der Waals surface area contributed by atoms with Crippen LogP contribution in [-0.4, -0.2) is 30.5 Å². The molecule has 0 aliphatic rings. The van der Waals surface area contributed by atoms with E-state index in [1.54, 1.807) is 24.4 Å². The van der Waals surface area contributed by atoms with Crippen molar-refractivity contribution in [3.8, 4) is 0 Å². The molecule has 7 heteroatoms. The summed E-state index contributed by atoms with van der Waals surface area (Å²) in [5.74, 6) is -1.13. The second-order valence-corrected chi connectivity index (χ2v) is 7.18. The number of carbonyl (C=O) groups is 1. The highest BCUT2D eigenvalue weighted by Gasteiger charge is 2.27. The first-order chi connectivity index (χ1) is 10.3. The number of aromatic nitrogens is 1. The zero-order valence-corrected chi connectivity index (χ0v) is 13.2. The Morgan fingerprint density at radius 1 is 1.32 bits per heavy atom. The number of carboxylic acid groups (broad SMARTS) is 1. The zero-order chi connectivity index (χ0) is 16.3. The molecule has 0 amide bonds. The number of aliphatic carboxylic acids is 1. The van der Waals surface area contributed by atoms with E-state index in [-0.39, 0.29) is 17.2 Å². The van der Waals surface area contributed by atoms with Gasteiger partial charge in [-0.3, -0.25) is 9.78 Å². The molecule has 0 saturated heterocycles.